The lowest BCUT2D eigenvalue weighted by atomic mass is 10.1. The Balaban J connectivity index is 2.27. The van der Waals surface area contributed by atoms with Gasteiger partial charge in [0.25, 0.3) is 12.1 Å². The number of alkyl halides is 6. The van der Waals surface area contributed by atoms with E-state index in [0.717, 1.165) is 18.2 Å². The third kappa shape index (κ3) is 6.00. The van der Waals surface area contributed by atoms with Crippen molar-refractivity contribution in [1.82, 2.24) is 4.90 Å². The number of nitrogens with zero attached hydrogens (tertiary/aromatic N) is 1. The minimum atomic E-state index is -5.95. The second-order valence-corrected chi connectivity index (χ2v) is 7.23. The lowest BCUT2D eigenvalue weighted by molar-refractivity contribution is -0.304. The smallest absolute Gasteiger partial charge is 0.427 e. The van der Waals surface area contributed by atoms with Crippen molar-refractivity contribution in [1.29, 1.82) is 0 Å². The topological polar surface area (TPSA) is 58.6 Å². The number of carbonyl (C=O) groups is 2. The van der Waals surface area contributed by atoms with Crippen molar-refractivity contribution in [2.45, 2.75) is 25.4 Å². The summed E-state index contributed by atoms with van der Waals surface area (Å²) in [6, 6.07) is 2.71. The Kier molecular flexibility index (Phi) is 8.25. The summed E-state index contributed by atoms with van der Waals surface area (Å²) in [6.45, 7) is 0.923. The number of urea groups is 1. The maximum absolute atomic E-state index is 13.9. The zero-order chi connectivity index (χ0) is 26.0. The van der Waals surface area contributed by atoms with Crippen LogP contribution in [0.2, 0.25) is 10.0 Å². The number of halogens is 10. The maximum atomic E-state index is 13.9. The number of amides is 3. The lowest BCUT2D eigenvalue weighted by Gasteiger charge is -2.24. The van der Waals surface area contributed by atoms with Crippen LogP contribution in [0.4, 0.5) is 45.6 Å². The molecule has 2 aromatic rings. The first-order chi connectivity index (χ1) is 15.6. The molecule has 34 heavy (non-hydrogen) atoms. The summed E-state index contributed by atoms with van der Waals surface area (Å²) in [6.07, 6.45) is -16.1. The van der Waals surface area contributed by atoms with Crippen LogP contribution in [0, 0.1) is 11.6 Å². The van der Waals surface area contributed by atoms with Gasteiger partial charge in [0.2, 0.25) is 0 Å². The summed E-state index contributed by atoms with van der Waals surface area (Å²) in [5, 5.41) is 0.346. The third-order valence-corrected chi connectivity index (χ3v) is 4.61. The number of ether oxygens (including phenoxy) is 1. The highest BCUT2D eigenvalue weighted by molar-refractivity contribution is 6.37. The largest absolute Gasteiger partial charge is 0.439 e. The molecule has 186 valence electrons. The number of rotatable bonds is 6. The second-order valence-electron chi connectivity index (χ2n) is 6.41. The van der Waals surface area contributed by atoms with E-state index < -0.39 is 63.4 Å². The van der Waals surface area contributed by atoms with Crippen molar-refractivity contribution in [2.24, 2.45) is 0 Å². The van der Waals surface area contributed by atoms with E-state index in [1.54, 1.807) is 0 Å². The molecule has 0 aliphatic heterocycles. The van der Waals surface area contributed by atoms with Crippen molar-refractivity contribution in [3.8, 4) is 5.75 Å². The highest BCUT2D eigenvalue weighted by Crippen LogP contribution is 2.42. The van der Waals surface area contributed by atoms with E-state index >= 15 is 0 Å². The monoisotopic (exact) mass is 538 g/mol. The normalized spacial score (nSPS) is 12.8. The minimum absolute atomic E-state index is 0.372. The molecule has 0 saturated heterocycles. The van der Waals surface area contributed by atoms with E-state index in [0.29, 0.717) is 17.0 Å². The quantitative estimate of drug-likeness (QED) is 0.410. The molecule has 0 radical (unpaired) electrons. The van der Waals surface area contributed by atoms with Crippen LogP contribution < -0.4 is 10.1 Å². The van der Waals surface area contributed by atoms with Crippen LogP contribution in [0.25, 0.3) is 0 Å². The average Bonchev–Trinajstić information content (AvgIpc) is 2.70. The molecule has 0 spiro atoms. The Morgan fingerprint density at radius 3 is 2.00 bits per heavy atom. The second kappa shape index (κ2) is 10.2. The van der Waals surface area contributed by atoms with E-state index in [1.807, 2.05) is 0 Å². The van der Waals surface area contributed by atoms with E-state index in [9.17, 15) is 44.7 Å². The number of hydrogen-bond donors (Lipinski definition) is 1. The molecule has 0 aliphatic carbocycles. The molecule has 0 bridgehead atoms. The van der Waals surface area contributed by atoms with E-state index in [1.165, 1.54) is 6.92 Å². The summed E-state index contributed by atoms with van der Waals surface area (Å²) in [7, 11) is 0. The van der Waals surface area contributed by atoms with E-state index in [-0.39, 0.29) is 12.2 Å². The number of benzene rings is 2. The van der Waals surface area contributed by atoms with Gasteiger partial charge < -0.3 is 10.1 Å². The molecule has 0 aliphatic rings. The third-order valence-electron chi connectivity index (χ3n) is 4.05. The van der Waals surface area contributed by atoms with Crippen LogP contribution in [0.5, 0.6) is 5.75 Å². The molecule has 0 heterocycles. The Hall–Kier alpha value is -2.80. The van der Waals surface area contributed by atoms with Crippen molar-refractivity contribution < 1.29 is 49.4 Å². The van der Waals surface area contributed by atoms with Crippen molar-refractivity contribution in [3.63, 3.8) is 0 Å². The fourth-order valence-corrected chi connectivity index (χ4v) is 3.08. The summed E-state index contributed by atoms with van der Waals surface area (Å²) in [5.74, 6) is -5.06. The molecular formula is C19H12Cl2F8N2O3. The Morgan fingerprint density at radius 1 is 1.06 bits per heavy atom. The van der Waals surface area contributed by atoms with Gasteiger partial charge in [0.05, 0.1) is 10.0 Å². The summed E-state index contributed by atoms with van der Waals surface area (Å²) in [4.78, 5) is 25.3. The van der Waals surface area contributed by atoms with E-state index in [4.69, 9.17) is 23.2 Å². The van der Waals surface area contributed by atoms with Crippen LogP contribution in [0.1, 0.15) is 17.3 Å². The Morgan fingerprint density at radius 2 is 1.56 bits per heavy atom. The Bertz CT molecular complexity index is 1050. The molecule has 0 saturated carbocycles. The van der Waals surface area contributed by atoms with Crippen LogP contribution in [0.15, 0.2) is 30.3 Å². The first-order valence-electron chi connectivity index (χ1n) is 8.93. The fraction of sp³-hybridized carbons (Fsp3) is 0.263. The molecule has 15 heteroatoms. The molecule has 5 nitrogen and oxygen atoms in total. The predicted octanol–water partition coefficient (Wildman–Crippen LogP) is 6.84. The molecule has 1 N–H and O–H groups in total. The number of hydrogen-bond acceptors (Lipinski definition) is 3. The van der Waals surface area contributed by atoms with Crippen molar-refractivity contribution in [3.05, 3.63) is 57.6 Å². The van der Waals surface area contributed by atoms with Crippen molar-refractivity contribution >= 4 is 40.8 Å². The molecule has 0 aromatic heterocycles. The zero-order valence-electron chi connectivity index (χ0n) is 16.6. The average molecular weight is 539 g/mol. The first-order valence-corrected chi connectivity index (χ1v) is 9.69. The number of anilines is 1. The minimum Gasteiger partial charge on any atom is -0.427 e. The SMILES string of the molecule is CCN(C(=O)Nc1cc(Cl)c(OC(F)(F)C(F)C(F)(F)F)c(Cl)c1)C(=O)c1c(F)cccc1F. The van der Waals surface area contributed by atoms with Gasteiger partial charge in [0.1, 0.15) is 17.2 Å². The number of nitrogens with one attached hydrogen (secondary N) is 1. The maximum Gasteiger partial charge on any atom is 0.439 e. The molecule has 1 atom stereocenters. The zero-order valence-corrected chi connectivity index (χ0v) is 18.1. The number of carbonyl (C=O) groups excluding carboxylic acids is 2. The highest BCUT2D eigenvalue weighted by atomic mass is 35.5. The van der Waals surface area contributed by atoms with Gasteiger partial charge >= 0.3 is 18.3 Å². The van der Waals surface area contributed by atoms with Gasteiger partial charge in [-0.05, 0) is 31.2 Å². The Labute approximate surface area is 196 Å². The van der Waals surface area contributed by atoms with Gasteiger partial charge in [-0.2, -0.15) is 22.0 Å². The molecule has 2 aromatic carbocycles. The van der Waals surface area contributed by atoms with Gasteiger partial charge in [0.15, 0.2) is 5.75 Å². The van der Waals surface area contributed by atoms with Crippen LogP contribution in [-0.2, 0) is 0 Å². The molecular weight excluding hydrogens is 527 g/mol. The van der Waals surface area contributed by atoms with Crippen LogP contribution >= 0.6 is 23.2 Å². The van der Waals surface area contributed by atoms with Crippen LogP contribution in [-0.4, -0.2) is 41.8 Å². The summed E-state index contributed by atoms with van der Waals surface area (Å²) < 4.78 is 108. The van der Waals surface area contributed by atoms with Gasteiger partial charge in [-0.15, -0.1) is 0 Å². The molecule has 3 amide bonds. The molecule has 1 unspecified atom stereocenters. The molecule has 0 fully saturated rings. The summed E-state index contributed by atoms with van der Waals surface area (Å²) in [5.41, 5.74) is -1.39. The first kappa shape index (κ1) is 27.4. The van der Waals surface area contributed by atoms with Gasteiger partial charge in [-0.25, -0.2) is 18.0 Å². The fourth-order valence-electron chi connectivity index (χ4n) is 2.52. The van der Waals surface area contributed by atoms with Gasteiger partial charge in [-0.3, -0.25) is 9.69 Å². The summed E-state index contributed by atoms with van der Waals surface area (Å²) >= 11 is 11.4. The van der Waals surface area contributed by atoms with Gasteiger partial charge in [-0.1, -0.05) is 29.3 Å². The lowest BCUT2D eigenvalue weighted by Crippen LogP contribution is -2.45. The highest BCUT2D eigenvalue weighted by Gasteiger charge is 2.59. The van der Waals surface area contributed by atoms with Gasteiger partial charge in [0, 0.05) is 12.2 Å². The van der Waals surface area contributed by atoms with Crippen molar-refractivity contribution in [2.75, 3.05) is 11.9 Å². The standard InChI is InChI=1S/C19H12Cl2F8N2O3/c1-2-31(15(32)13-11(22)4-3-5-12(13)23)17(33)30-8-6-9(20)14(10(21)7-8)34-19(28,29)16(24)18(25,26)27/h3-7,16H,2H2,1H3,(H,30,33). The number of imide groups is 1. The molecule has 2 rings (SSSR count). The predicted molar refractivity (Wildman–Crippen MR) is 105 cm³/mol. The van der Waals surface area contributed by atoms with E-state index in [2.05, 4.69) is 10.1 Å². The van der Waals surface area contributed by atoms with Crippen LogP contribution in [0.3, 0.4) is 0 Å².